The fourth-order valence-corrected chi connectivity index (χ4v) is 5.04. The lowest BCUT2D eigenvalue weighted by atomic mass is 9.95. The number of nitrogens with zero attached hydrogens (tertiary/aromatic N) is 3. The first-order chi connectivity index (χ1) is 19.0. The van der Waals surface area contributed by atoms with Crippen molar-refractivity contribution in [2.45, 2.75) is 71.7 Å². The van der Waals surface area contributed by atoms with Gasteiger partial charge in [-0.05, 0) is 62.4 Å². The normalized spacial score (nSPS) is 14.5. The molecule has 208 valence electrons. The zero-order chi connectivity index (χ0) is 27.8. The number of thioether (sulfide) groups is 1. The predicted molar refractivity (Wildman–Crippen MR) is 154 cm³/mol. The van der Waals surface area contributed by atoms with E-state index in [1.165, 1.54) is 5.56 Å². The molecule has 1 atom stereocenters. The van der Waals surface area contributed by atoms with Crippen LogP contribution in [0.5, 0.6) is 11.5 Å². The van der Waals surface area contributed by atoms with Crippen LogP contribution in [0.2, 0.25) is 0 Å². The Morgan fingerprint density at radius 3 is 2.62 bits per heavy atom. The number of nitrogens with one attached hydrogen (secondary N) is 1. The summed E-state index contributed by atoms with van der Waals surface area (Å²) in [5, 5.41) is 8.72. The van der Waals surface area contributed by atoms with Crippen molar-refractivity contribution in [2.24, 2.45) is 0 Å². The maximum absolute atomic E-state index is 13.4. The number of hydrogen-bond acceptors (Lipinski definition) is 8. The van der Waals surface area contributed by atoms with Crippen molar-refractivity contribution in [1.82, 2.24) is 14.8 Å². The highest BCUT2D eigenvalue weighted by molar-refractivity contribution is 7.99. The van der Waals surface area contributed by atoms with Crippen LogP contribution in [0.3, 0.4) is 0 Å². The molecule has 0 saturated carbocycles. The number of carbonyl (C=O) groups is 1. The van der Waals surface area contributed by atoms with Gasteiger partial charge in [-0.2, -0.15) is 4.98 Å². The Balaban J connectivity index is 1.71. The molecule has 3 aromatic rings. The SMILES string of the molecule is CCCCOC(=O)C1=C(C)Nc2nc(SCCC)nn2C1c1ccc(OCc2ccccc2C)c(OCC)c1. The number of aromatic nitrogens is 3. The number of unbranched alkanes of at least 4 members (excludes halogenated alkanes) is 1. The van der Waals surface area contributed by atoms with Gasteiger partial charge in [0.2, 0.25) is 11.1 Å². The van der Waals surface area contributed by atoms with Crippen LogP contribution in [0.4, 0.5) is 5.95 Å². The highest BCUT2D eigenvalue weighted by atomic mass is 32.2. The van der Waals surface area contributed by atoms with Gasteiger partial charge in [0.25, 0.3) is 0 Å². The van der Waals surface area contributed by atoms with E-state index in [1.807, 2.05) is 44.2 Å². The average Bonchev–Trinajstić information content (AvgIpc) is 3.33. The summed E-state index contributed by atoms with van der Waals surface area (Å²) >= 11 is 1.60. The Morgan fingerprint density at radius 2 is 1.87 bits per heavy atom. The fraction of sp³-hybridized carbons (Fsp3) is 0.433. The van der Waals surface area contributed by atoms with Crippen LogP contribution in [-0.2, 0) is 16.1 Å². The van der Waals surface area contributed by atoms with Crippen molar-refractivity contribution >= 4 is 23.7 Å². The largest absolute Gasteiger partial charge is 0.490 e. The minimum atomic E-state index is -0.525. The van der Waals surface area contributed by atoms with Gasteiger partial charge < -0.3 is 19.5 Å². The highest BCUT2D eigenvalue weighted by Gasteiger charge is 2.35. The van der Waals surface area contributed by atoms with Gasteiger partial charge >= 0.3 is 5.97 Å². The van der Waals surface area contributed by atoms with Crippen LogP contribution in [0.25, 0.3) is 0 Å². The molecule has 1 aliphatic heterocycles. The first kappa shape index (κ1) is 28.5. The molecule has 4 rings (SSSR count). The van der Waals surface area contributed by atoms with E-state index in [0.29, 0.717) is 53.7 Å². The van der Waals surface area contributed by atoms with Gasteiger partial charge in [0.05, 0.1) is 18.8 Å². The van der Waals surface area contributed by atoms with E-state index in [0.717, 1.165) is 36.1 Å². The van der Waals surface area contributed by atoms with Crippen LogP contribution in [0.15, 0.2) is 58.9 Å². The second kappa shape index (κ2) is 13.6. The molecule has 9 heteroatoms. The average molecular weight is 551 g/mol. The molecule has 1 unspecified atom stereocenters. The Bertz CT molecular complexity index is 1320. The number of esters is 1. The molecule has 0 bridgehead atoms. The van der Waals surface area contributed by atoms with E-state index in [1.54, 1.807) is 16.4 Å². The van der Waals surface area contributed by atoms with Crippen LogP contribution in [0, 0.1) is 6.92 Å². The standard InChI is InChI=1S/C30H38N4O4S/c1-6-9-16-37-28(35)26-21(5)31-29-32-30(39-17-7-2)33-34(29)27(26)22-14-15-24(25(18-22)36-8-3)38-19-23-13-11-10-12-20(23)4/h10-15,18,27H,6-9,16-17,19H2,1-5H3,(H,31,32,33). The molecule has 0 radical (unpaired) electrons. The number of ether oxygens (including phenoxy) is 3. The lowest BCUT2D eigenvalue weighted by Gasteiger charge is -2.28. The summed E-state index contributed by atoms with van der Waals surface area (Å²) in [6.45, 7) is 11.4. The van der Waals surface area contributed by atoms with E-state index < -0.39 is 6.04 Å². The number of carbonyl (C=O) groups excluding carboxylic acids is 1. The number of hydrogen-bond donors (Lipinski definition) is 1. The molecule has 2 aromatic carbocycles. The number of fused-ring (bicyclic) bond motifs is 1. The van der Waals surface area contributed by atoms with Gasteiger partial charge in [-0.3, -0.25) is 0 Å². The summed E-state index contributed by atoms with van der Waals surface area (Å²) in [4.78, 5) is 18.1. The number of aryl methyl sites for hydroxylation is 1. The minimum absolute atomic E-state index is 0.361. The molecule has 0 fully saturated rings. The molecule has 1 N–H and O–H groups in total. The van der Waals surface area contributed by atoms with Gasteiger partial charge in [0, 0.05) is 11.4 Å². The van der Waals surface area contributed by atoms with Crippen molar-refractivity contribution in [3.8, 4) is 11.5 Å². The highest BCUT2D eigenvalue weighted by Crippen LogP contribution is 2.40. The predicted octanol–water partition coefficient (Wildman–Crippen LogP) is 6.70. The third-order valence-electron chi connectivity index (χ3n) is 6.45. The van der Waals surface area contributed by atoms with Gasteiger partial charge in [-0.25, -0.2) is 9.48 Å². The fourth-order valence-electron chi connectivity index (χ4n) is 4.36. The number of benzene rings is 2. The van der Waals surface area contributed by atoms with Crippen molar-refractivity contribution in [2.75, 3.05) is 24.3 Å². The summed E-state index contributed by atoms with van der Waals surface area (Å²) in [6.07, 6.45) is 2.77. The molecule has 39 heavy (non-hydrogen) atoms. The van der Waals surface area contributed by atoms with Crippen molar-refractivity contribution in [3.63, 3.8) is 0 Å². The van der Waals surface area contributed by atoms with Crippen molar-refractivity contribution < 1.29 is 19.0 Å². The molecule has 2 heterocycles. The Hall–Kier alpha value is -3.46. The van der Waals surface area contributed by atoms with Gasteiger partial charge in [-0.15, -0.1) is 5.10 Å². The summed E-state index contributed by atoms with van der Waals surface area (Å²) in [5.74, 6) is 2.40. The second-order valence-corrected chi connectivity index (χ2v) is 10.5. The second-order valence-electron chi connectivity index (χ2n) is 9.42. The quantitative estimate of drug-likeness (QED) is 0.143. The molecule has 0 saturated heterocycles. The Labute approximate surface area is 235 Å². The van der Waals surface area contributed by atoms with E-state index in [2.05, 4.69) is 38.2 Å². The summed E-state index contributed by atoms with van der Waals surface area (Å²) in [5.41, 5.74) is 4.33. The molecular formula is C30H38N4O4S. The molecule has 0 amide bonds. The minimum Gasteiger partial charge on any atom is -0.490 e. The van der Waals surface area contributed by atoms with Crippen molar-refractivity contribution in [3.05, 3.63) is 70.4 Å². The summed E-state index contributed by atoms with van der Waals surface area (Å²) in [7, 11) is 0. The van der Waals surface area contributed by atoms with Gasteiger partial charge in [0.15, 0.2) is 11.5 Å². The number of rotatable bonds is 13. The molecule has 1 aliphatic rings. The third kappa shape index (κ3) is 6.76. The molecule has 8 nitrogen and oxygen atoms in total. The van der Waals surface area contributed by atoms with Crippen LogP contribution in [-0.4, -0.2) is 39.7 Å². The van der Waals surface area contributed by atoms with E-state index >= 15 is 0 Å². The third-order valence-corrected chi connectivity index (χ3v) is 7.49. The molecule has 0 spiro atoms. The lowest BCUT2D eigenvalue weighted by Crippen LogP contribution is -2.30. The summed E-state index contributed by atoms with van der Waals surface area (Å²) in [6, 6.07) is 13.4. The maximum Gasteiger partial charge on any atom is 0.338 e. The van der Waals surface area contributed by atoms with Crippen LogP contribution >= 0.6 is 11.8 Å². The van der Waals surface area contributed by atoms with E-state index in [4.69, 9.17) is 24.3 Å². The first-order valence-electron chi connectivity index (χ1n) is 13.6. The zero-order valence-electron chi connectivity index (χ0n) is 23.5. The van der Waals surface area contributed by atoms with Crippen LogP contribution in [0.1, 0.15) is 69.7 Å². The van der Waals surface area contributed by atoms with E-state index in [9.17, 15) is 4.79 Å². The monoisotopic (exact) mass is 550 g/mol. The van der Waals surface area contributed by atoms with Gasteiger partial charge in [0.1, 0.15) is 12.6 Å². The molecule has 1 aromatic heterocycles. The molecule has 0 aliphatic carbocycles. The van der Waals surface area contributed by atoms with Crippen LogP contribution < -0.4 is 14.8 Å². The first-order valence-corrected chi connectivity index (χ1v) is 14.6. The Kier molecular flexibility index (Phi) is 9.92. The van der Waals surface area contributed by atoms with Crippen molar-refractivity contribution in [1.29, 1.82) is 0 Å². The Morgan fingerprint density at radius 1 is 1.05 bits per heavy atom. The topological polar surface area (TPSA) is 87.5 Å². The zero-order valence-corrected chi connectivity index (χ0v) is 24.3. The number of anilines is 1. The number of allylic oxidation sites excluding steroid dienone is 1. The van der Waals surface area contributed by atoms with Gasteiger partial charge in [-0.1, -0.05) is 62.4 Å². The smallest absolute Gasteiger partial charge is 0.338 e. The van der Waals surface area contributed by atoms with E-state index in [-0.39, 0.29) is 5.97 Å². The maximum atomic E-state index is 13.4. The lowest BCUT2D eigenvalue weighted by molar-refractivity contribution is -0.139. The summed E-state index contributed by atoms with van der Waals surface area (Å²) < 4.78 is 19.7. The molecular weight excluding hydrogens is 512 g/mol.